The summed E-state index contributed by atoms with van der Waals surface area (Å²) in [5, 5.41) is 5.35. The third-order valence-corrected chi connectivity index (χ3v) is 6.63. The molecule has 0 aliphatic rings. The number of hydrogen-bond acceptors (Lipinski definition) is 0. The van der Waals surface area contributed by atoms with Gasteiger partial charge in [0.05, 0.1) is 16.6 Å². The van der Waals surface area contributed by atoms with Crippen LogP contribution in [0.4, 0.5) is 0 Å². The lowest BCUT2D eigenvalue weighted by molar-refractivity contribution is 0.734. The van der Waals surface area contributed by atoms with Crippen LogP contribution < -0.4 is 0 Å². The standard InChI is InChI=1S/C28H23N/c1-3-18(2)19-12-14-20(15-13-19)21-16-24-22-8-4-6-10-26(22)29-27-11-7-5-9-23(27)25(17-21)28(24)29/h4-18H,3H2,1-2H3. The smallest absolute Gasteiger partial charge is 0.0620 e. The van der Waals surface area contributed by atoms with Crippen LogP contribution in [0, 0.1) is 0 Å². The Labute approximate surface area is 170 Å². The minimum atomic E-state index is 0.606. The van der Waals surface area contributed by atoms with E-state index < -0.39 is 0 Å². The second kappa shape index (κ2) is 6.09. The zero-order valence-electron chi connectivity index (χ0n) is 16.8. The van der Waals surface area contributed by atoms with Crippen molar-refractivity contribution in [1.82, 2.24) is 4.40 Å². The molecule has 1 atom stereocenters. The summed E-state index contributed by atoms with van der Waals surface area (Å²) in [4.78, 5) is 0. The van der Waals surface area contributed by atoms with Crippen molar-refractivity contribution < 1.29 is 0 Å². The summed E-state index contributed by atoms with van der Waals surface area (Å²) in [6, 6.07) is 31.5. The van der Waals surface area contributed by atoms with E-state index >= 15 is 0 Å². The van der Waals surface area contributed by atoms with Crippen LogP contribution in [0.5, 0.6) is 0 Å². The number of hydrogen-bond donors (Lipinski definition) is 0. The molecule has 6 rings (SSSR count). The van der Waals surface area contributed by atoms with Crippen LogP contribution in [-0.2, 0) is 0 Å². The molecule has 140 valence electrons. The van der Waals surface area contributed by atoms with Gasteiger partial charge in [-0.1, -0.05) is 74.5 Å². The molecule has 0 N–H and O–H groups in total. The van der Waals surface area contributed by atoms with Crippen LogP contribution in [0.3, 0.4) is 0 Å². The Hall–Kier alpha value is -3.32. The van der Waals surface area contributed by atoms with E-state index in [-0.39, 0.29) is 0 Å². The van der Waals surface area contributed by atoms with Crippen LogP contribution in [0.25, 0.3) is 49.2 Å². The maximum atomic E-state index is 2.44. The Balaban J connectivity index is 1.70. The lowest BCUT2D eigenvalue weighted by Gasteiger charge is -2.10. The molecule has 4 aromatic carbocycles. The van der Waals surface area contributed by atoms with E-state index in [2.05, 4.69) is 103 Å². The molecule has 0 spiro atoms. The van der Waals surface area contributed by atoms with E-state index in [1.807, 2.05) is 0 Å². The zero-order valence-corrected chi connectivity index (χ0v) is 16.8. The van der Waals surface area contributed by atoms with Gasteiger partial charge in [-0.25, -0.2) is 0 Å². The van der Waals surface area contributed by atoms with Gasteiger partial charge < -0.3 is 4.40 Å². The van der Waals surface area contributed by atoms with E-state index in [0.29, 0.717) is 5.92 Å². The van der Waals surface area contributed by atoms with Gasteiger partial charge in [-0.15, -0.1) is 0 Å². The molecule has 0 fully saturated rings. The summed E-state index contributed by atoms with van der Waals surface area (Å²) in [6.07, 6.45) is 1.17. The highest BCUT2D eigenvalue weighted by atomic mass is 14.9. The number of aromatic nitrogens is 1. The highest BCUT2D eigenvalue weighted by Gasteiger charge is 2.18. The lowest BCUT2D eigenvalue weighted by atomic mass is 9.94. The van der Waals surface area contributed by atoms with Gasteiger partial charge >= 0.3 is 0 Å². The Morgan fingerprint density at radius 3 is 1.76 bits per heavy atom. The molecular weight excluding hydrogens is 350 g/mol. The first-order valence-corrected chi connectivity index (χ1v) is 10.5. The Bertz CT molecular complexity index is 1400. The molecule has 2 aromatic heterocycles. The van der Waals surface area contributed by atoms with Gasteiger partial charge in [0.15, 0.2) is 0 Å². The Morgan fingerprint density at radius 1 is 0.655 bits per heavy atom. The number of rotatable bonds is 3. The Morgan fingerprint density at radius 2 is 1.21 bits per heavy atom. The quantitative estimate of drug-likeness (QED) is 0.296. The highest BCUT2D eigenvalue weighted by molar-refractivity contribution is 6.24. The van der Waals surface area contributed by atoms with E-state index in [0.717, 1.165) is 0 Å². The minimum absolute atomic E-state index is 0.606. The predicted molar refractivity (Wildman–Crippen MR) is 125 cm³/mol. The van der Waals surface area contributed by atoms with Crippen LogP contribution in [-0.4, -0.2) is 4.40 Å². The maximum absolute atomic E-state index is 2.44. The van der Waals surface area contributed by atoms with E-state index in [1.165, 1.54) is 61.2 Å². The van der Waals surface area contributed by atoms with Crippen molar-refractivity contribution in [2.45, 2.75) is 26.2 Å². The van der Waals surface area contributed by atoms with Crippen LogP contribution in [0.2, 0.25) is 0 Å². The van der Waals surface area contributed by atoms with Crippen molar-refractivity contribution in [3.8, 4) is 11.1 Å². The van der Waals surface area contributed by atoms with Crippen molar-refractivity contribution in [1.29, 1.82) is 0 Å². The average molecular weight is 373 g/mol. The number of para-hydroxylation sites is 2. The summed E-state index contributed by atoms with van der Waals surface area (Å²) in [5.41, 5.74) is 7.92. The SMILES string of the molecule is CCC(C)c1ccc(-c2cc3c4ccccc4n4c5ccccc5c(c2)c34)cc1. The first-order chi connectivity index (χ1) is 14.3. The summed E-state index contributed by atoms with van der Waals surface area (Å²) >= 11 is 0. The number of fused-ring (bicyclic) bond motifs is 6. The second-order valence-electron chi connectivity index (χ2n) is 8.22. The fraction of sp³-hybridized carbons (Fsp3) is 0.143. The van der Waals surface area contributed by atoms with Crippen LogP contribution in [0.1, 0.15) is 31.7 Å². The first kappa shape index (κ1) is 16.6. The van der Waals surface area contributed by atoms with Crippen LogP contribution >= 0.6 is 0 Å². The molecule has 1 unspecified atom stereocenters. The van der Waals surface area contributed by atoms with Crippen molar-refractivity contribution in [3.63, 3.8) is 0 Å². The third-order valence-electron chi connectivity index (χ3n) is 6.63. The normalized spacial score (nSPS) is 13.2. The lowest BCUT2D eigenvalue weighted by Crippen LogP contribution is -1.90. The van der Waals surface area contributed by atoms with Gasteiger partial charge in [-0.2, -0.15) is 0 Å². The molecule has 1 nitrogen and oxygen atoms in total. The van der Waals surface area contributed by atoms with Gasteiger partial charge in [0, 0.05) is 21.5 Å². The van der Waals surface area contributed by atoms with Crippen LogP contribution in [0.15, 0.2) is 84.9 Å². The molecular formula is C28H23N. The predicted octanol–water partition coefficient (Wildman–Crippen LogP) is 8.02. The zero-order chi connectivity index (χ0) is 19.5. The van der Waals surface area contributed by atoms with Crippen molar-refractivity contribution >= 4 is 38.1 Å². The minimum Gasteiger partial charge on any atom is -0.308 e. The molecule has 1 heteroatoms. The number of nitrogens with zero attached hydrogens (tertiary/aromatic N) is 1. The average Bonchev–Trinajstić information content (AvgIpc) is 3.30. The molecule has 2 heterocycles. The van der Waals surface area contributed by atoms with E-state index in [9.17, 15) is 0 Å². The van der Waals surface area contributed by atoms with Crippen molar-refractivity contribution in [3.05, 3.63) is 90.5 Å². The summed E-state index contributed by atoms with van der Waals surface area (Å²) in [5.74, 6) is 0.606. The second-order valence-corrected chi connectivity index (χ2v) is 8.22. The molecule has 0 amide bonds. The molecule has 0 aliphatic carbocycles. The molecule has 0 saturated carbocycles. The monoisotopic (exact) mass is 373 g/mol. The third kappa shape index (κ3) is 2.28. The summed E-state index contributed by atoms with van der Waals surface area (Å²) in [7, 11) is 0. The Kier molecular flexibility index (Phi) is 3.49. The fourth-order valence-electron chi connectivity index (χ4n) is 4.86. The molecule has 0 bridgehead atoms. The first-order valence-electron chi connectivity index (χ1n) is 10.5. The molecule has 0 saturated heterocycles. The van der Waals surface area contributed by atoms with Gasteiger partial charge in [0.2, 0.25) is 0 Å². The molecule has 29 heavy (non-hydrogen) atoms. The molecule has 0 radical (unpaired) electrons. The number of benzene rings is 4. The van der Waals surface area contributed by atoms with Gasteiger partial charge in [0.25, 0.3) is 0 Å². The topological polar surface area (TPSA) is 4.41 Å². The maximum Gasteiger partial charge on any atom is 0.0620 e. The van der Waals surface area contributed by atoms with Crippen molar-refractivity contribution in [2.75, 3.05) is 0 Å². The van der Waals surface area contributed by atoms with Gasteiger partial charge in [-0.05, 0) is 53.3 Å². The van der Waals surface area contributed by atoms with Crippen molar-refractivity contribution in [2.24, 2.45) is 0 Å². The highest BCUT2D eigenvalue weighted by Crippen LogP contribution is 2.41. The largest absolute Gasteiger partial charge is 0.308 e. The van der Waals surface area contributed by atoms with Gasteiger partial charge in [-0.3, -0.25) is 0 Å². The van der Waals surface area contributed by atoms with Gasteiger partial charge in [0.1, 0.15) is 0 Å². The summed E-state index contributed by atoms with van der Waals surface area (Å²) in [6.45, 7) is 4.55. The fourth-order valence-corrected chi connectivity index (χ4v) is 4.86. The molecule has 0 aliphatic heterocycles. The summed E-state index contributed by atoms with van der Waals surface area (Å²) < 4.78 is 2.44. The van der Waals surface area contributed by atoms with E-state index in [4.69, 9.17) is 0 Å². The van der Waals surface area contributed by atoms with E-state index in [1.54, 1.807) is 0 Å². The molecule has 6 aromatic rings.